The molecule has 2 saturated heterocycles. The van der Waals surface area contributed by atoms with Gasteiger partial charge in [0.25, 0.3) is 0 Å². The topological polar surface area (TPSA) is 24.1 Å². The average molecular weight is 681 g/mol. The summed E-state index contributed by atoms with van der Waals surface area (Å²) in [5, 5.41) is 9.27. The molecule has 4 heteroatoms. The summed E-state index contributed by atoms with van der Waals surface area (Å²) < 4.78 is 0. The summed E-state index contributed by atoms with van der Waals surface area (Å²) in [4.78, 5) is 0. The van der Waals surface area contributed by atoms with Crippen molar-refractivity contribution < 1.29 is 0 Å². The van der Waals surface area contributed by atoms with Crippen molar-refractivity contribution in [3.63, 3.8) is 0 Å². The minimum atomic E-state index is -0.0878. The van der Waals surface area contributed by atoms with Gasteiger partial charge in [0.15, 0.2) is 0 Å². The van der Waals surface area contributed by atoms with Crippen LogP contribution in [0, 0.1) is 47.3 Å². The molecule has 2 heterocycles. The molecule has 3 unspecified atom stereocenters. The summed E-state index contributed by atoms with van der Waals surface area (Å²) in [7, 11) is 3.59. The van der Waals surface area contributed by atoms with Gasteiger partial charge in [-0.2, -0.15) is 0 Å². The van der Waals surface area contributed by atoms with Gasteiger partial charge in [0.2, 0.25) is 0 Å². The molecule has 258 valence electrons. The third kappa shape index (κ3) is 5.38. The fourth-order valence-corrected chi connectivity index (χ4v) is 21.0. The second kappa shape index (κ2) is 12.4. The predicted octanol–water partition coefficient (Wildman–Crippen LogP) is 10.3. The molecule has 2 nitrogen and oxygen atoms in total. The lowest BCUT2D eigenvalue weighted by molar-refractivity contribution is 0.0184. The molecular weight excluding hydrogens is 618 g/mol. The second-order valence-corrected chi connectivity index (χ2v) is 23.2. The Morgan fingerprint density at radius 1 is 0.625 bits per heavy atom. The van der Waals surface area contributed by atoms with Crippen molar-refractivity contribution in [2.75, 3.05) is 26.2 Å². The van der Waals surface area contributed by atoms with Crippen LogP contribution >= 0.6 is 17.2 Å². The number of piperidine rings is 2. The van der Waals surface area contributed by atoms with E-state index in [4.69, 9.17) is 0 Å². The molecule has 8 saturated carbocycles. The van der Waals surface area contributed by atoms with Crippen molar-refractivity contribution in [1.82, 2.24) is 10.6 Å². The van der Waals surface area contributed by atoms with Crippen LogP contribution in [-0.2, 0) is 11.3 Å². The van der Waals surface area contributed by atoms with Gasteiger partial charge in [-0.05, 0) is 221 Å². The van der Waals surface area contributed by atoms with Gasteiger partial charge in [-0.15, -0.1) is 9.24 Å². The summed E-state index contributed by atoms with van der Waals surface area (Å²) in [6, 6.07) is 19.4. The Balaban J connectivity index is 1.12. The van der Waals surface area contributed by atoms with Gasteiger partial charge in [-0.25, -0.2) is 0 Å². The third-order valence-electron chi connectivity index (χ3n) is 16.1. The van der Waals surface area contributed by atoms with E-state index in [9.17, 15) is 0 Å². The second-order valence-electron chi connectivity index (χ2n) is 19.1. The number of nitrogens with one attached hydrogen (secondary N) is 2. The first-order valence-electron chi connectivity index (χ1n) is 20.6. The quantitative estimate of drug-likeness (QED) is 0.271. The van der Waals surface area contributed by atoms with E-state index in [1.54, 1.807) is 88.2 Å². The van der Waals surface area contributed by atoms with Crippen LogP contribution in [-0.4, -0.2) is 36.5 Å². The largest absolute Gasteiger partial charge is 0.316 e. The van der Waals surface area contributed by atoms with Gasteiger partial charge in [0, 0.05) is 5.16 Å². The van der Waals surface area contributed by atoms with Crippen LogP contribution in [0.25, 0.3) is 11.1 Å². The van der Waals surface area contributed by atoms with Crippen LogP contribution in [0.5, 0.6) is 0 Å². The summed E-state index contributed by atoms with van der Waals surface area (Å²) in [5.74, 6) is 7.67. The minimum absolute atomic E-state index is 0.0878. The molecule has 10 fully saturated rings. The normalized spacial score (nSPS) is 43.3. The number of benzene rings is 2. The molecule has 0 spiro atoms. The van der Waals surface area contributed by atoms with Crippen LogP contribution in [0.2, 0.25) is 0 Å². The Kier molecular flexibility index (Phi) is 8.26. The maximum Gasteiger partial charge on any atom is 0.0181 e. The molecule has 2 aromatic carbocycles. The molecule has 10 aliphatic rings. The molecule has 3 atom stereocenters. The van der Waals surface area contributed by atoms with Gasteiger partial charge in [-0.1, -0.05) is 50.4 Å². The predicted molar refractivity (Wildman–Crippen MR) is 207 cm³/mol. The van der Waals surface area contributed by atoms with Crippen molar-refractivity contribution in [3.05, 3.63) is 59.7 Å². The molecule has 0 radical (unpaired) electrons. The summed E-state index contributed by atoms with van der Waals surface area (Å²) in [5.41, 5.74) is 6.38. The van der Waals surface area contributed by atoms with Crippen LogP contribution in [0.15, 0.2) is 48.5 Å². The highest BCUT2D eigenvalue weighted by atomic mass is 31.1. The SMILES string of the molecule is PC(c1cc(-c2ccccc2)ccc1CP(C12CC3CC(CC(C3)C1)C2)C12CC3CC(CC(C3)C1)C2)(C1CCCNC1)C1CCCNC1. The van der Waals surface area contributed by atoms with Gasteiger partial charge >= 0.3 is 0 Å². The zero-order chi connectivity index (χ0) is 31.9. The maximum absolute atomic E-state index is 3.90. The Morgan fingerprint density at radius 2 is 1.10 bits per heavy atom. The zero-order valence-electron chi connectivity index (χ0n) is 29.6. The highest BCUT2D eigenvalue weighted by molar-refractivity contribution is 7.60. The van der Waals surface area contributed by atoms with Crippen molar-refractivity contribution in [3.8, 4) is 11.1 Å². The van der Waals surface area contributed by atoms with E-state index < -0.39 is 0 Å². The molecule has 12 rings (SSSR count). The zero-order valence-corrected chi connectivity index (χ0v) is 31.7. The number of rotatable bonds is 8. The molecular formula is C44H62N2P2. The van der Waals surface area contributed by atoms with Crippen LogP contribution in [0.3, 0.4) is 0 Å². The standard InChI is InChI=1S/C44H62N2P2/c47-44(39-8-4-12-45-27-39,40-9-5-13-46-28-40)41-20-37(36-6-2-1-3-7-36)10-11-38(41)29-48(42-21-30-14-31(22-42)16-32(15-30)23-42)43-24-33-17-34(25-43)19-35(18-33)26-43/h1-3,6-7,10-11,20,30-35,39-40,45-46H,4-5,8-9,12-19,21-29,47H2. The van der Waals surface area contributed by atoms with Crippen molar-refractivity contribution >= 4 is 17.2 Å². The Bertz CT molecular complexity index is 1340. The smallest absolute Gasteiger partial charge is 0.0181 e. The van der Waals surface area contributed by atoms with E-state index in [2.05, 4.69) is 68.4 Å². The summed E-state index contributed by atoms with van der Waals surface area (Å²) >= 11 is 0. The molecule has 2 N–H and O–H groups in total. The fourth-order valence-electron chi connectivity index (χ4n) is 15.0. The van der Waals surface area contributed by atoms with Gasteiger partial charge in [-0.3, -0.25) is 0 Å². The van der Waals surface area contributed by atoms with Crippen LogP contribution in [0.4, 0.5) is 0 Å². The fraction of sp³-hybridized carbons (Fsp3) is 0.727. The number of hydrogen-bond acceptors (Lipinski definition) is 2. The third-order valence-corrected chi connectivity index (χ3v) is 21.4. The Morgan fingerprint density at radius 3 is 1.54 bits per heavy atom. The van der Waals surface area contributed by atoms with Crippen molar-refractivity contribution in [2.24, 2.45) is 47.3 Å². The van der Waals surface area contributed by atoms with Crippen molar-refractivity contribution in [1.29, 1.82) is 0 Å². The molecule has 0 amide bonds. The maximum atomic E-state index is 3.90. The lowest BCUT2D eigenvalue weighted by Gasteiger charge is -2.67. The van der Waals surface area contributed by atoms with Crippen LogP contribution < -0.4 is 10.6 Å². The molecule has 8 aliphatic carbocycles. The molecule has 48 heavy (non-hydrogen) atoms. The molecule has 0 aromatic heterocycles. The Labute approximate surface area is 295 Å². The van der Waals surface area contributed by atoms with Gasteiger partial charge < -0.3 is 10.6 Å². The van der Waals surface area contributed by atoms with E-state index in [-0.39, 0.29) is 13.1 Å². The Hall–Kier alpha value is -0.780. The lowest BCUT2D eigenvalue weighted by Crippen LogP contribution is -2.56. The minimum Gasteiger partial charge on any atom is -0.316 e. The highest BCUT2D eigenvalue weighted by Gasteiger charge is 2.62. The van der Waals surface area contributed by atoms with Crippen molar-refractivity contribution in [2.45, 2.75) is 124 Å². The lowest BCUT2D eigenvalue weighted by atomic mass is 9.55. The van der Waals surface area contributed by atoms with E-state index in [1.165, 1.54) is 69.2 Å². The molecule has 2 aromatic rings. The van der Waals surface area contributed by atoms with E-state index in [1.807, 2.05) is 0 Å². The molecule has 8 bridgehead atoms. The van der Waals surface area contributed by atoms with Gasteiger partial charge in [0.05, 0.1) is 0 Å². The highest BCUT2D eigenvalue weighted by Crippen LogP contribution is 2.80. The van der Waals surface area contributed by atoms with Crippen LogP contribution in [0.1, 0.15) is 114 Å². The summed E-state index contributed by atoms with van der Waals surface area (Å²) in [6.45, 7) is 4.74. The first kappa shape index (κ1) is 31.9. The monoisotopic (exact) mass is 680 g/mol. The first-order valence-corrected chi connectivity index (χ1v) is 22.8. The van der Waals surface area contributed by atoms with E-state index in [0.29, 0.717) is 22.1 Å². The summed E-state index contributed by atoms with van der Waals surface area (Å²) in [6.07, 6.45) is 25.9. The van der Waals surface area contributed by atoms with E-state index >= 15 is 0 Å². The van der Waals surface area contributed by atoms with E-state index in [0.717, 1.165) is 35.5 Å². The average Bonchev–Trinajstić information content (AvgIpc) is 3.10. The first-order chi connectivity index (χ1) is 23.5. The molecule has 2 aliphatic heterocycles. The van der Waals surface area contributed by atoms with Gasteiger partial charge in [0.1, 0.15) is 0 Å². The number of hydrogen-bond donors (Lipinski definition) is 2.